The zero-order chi connectivity index (χ0) is 16.5. The smallest absolute Gasteiger partial charge is 0.253 e. The van der Waals surface area contributed by atoms with Crippen LogP contribution >= 0.6 is 27.7 Å². The maximum absolute atomic E-state index is 12.6. The van der Waals surface area contributed by atoms with E-state index in [0.717, 1.165) is 10.2 Å². The van der Waals surface area contributed by atoms with Gasteiger partial charge in [-0.2, -0.15) is 11.8 Å². The molecule has 0 heterocycles. The summed E-state index contributed by atoms with van der Waals surface area (Å²) in [5.41, 5.74) is 0.545. The molecule has 1 rings (SSSR count). The number of halogens is 1. The second kappa shape index (κ2) is 9.90. The lowest BCUT2D eigenvalue weighted by Gasteiger charge is -2.26. The Morgan fingerprint density at radius 3 is 2.45 bits per heavy atom. The first-order valence-corrected chi connectivity index (χ1v) is 9.56. The predicted molar refractivity (Wildman–Crippen MR) is 96.3 cm³/mol. The Morgan fingerprint density at radius 1 is 1.27 bits per heavy atom. The third-order valence-electron chi connectivity index (χ3n) is 3.41. The van der Waals surface area contributed by atoms with Crippen molar-refractivity contribution in [2.45, 2.75) is 26.3 Å². The normalized spacial score (nSPS) is 11.8. The highest BCUT2D eigenvalue weighted by Crippen LogP contribution is 2.16. The first-order valence-electron chi connectivity index (χ1n) is 7.38. The number of nitrogens with zero attached hydrogens (tertiary/aromatic N) is 1. The van der Waals surface area contributed by atoms with Crippen LogP contribution in [0.4, 0.5) is 0 Å². The van der Waals surface area contributed by atoms with Gasteiger partial charge in [0.2, 0.25) is 5.91 Å². The second-order valence-corrected chi connectivity index (χ2v) is 6.64. The Kier molecular flexibility index (Phi) is 8.56. The summed E-state index contributed by atoms with van der Waals surface area (Å²) < 4.78 is 0.728. The van der Waals surface area contributed by atoms with Crippen LogP contribution in [0.15, 0.2) is 28.7 Å². The van der Waals surface area contributed by atoms with Gasteiger partial charge in [-0.15, -0.1) is 0 Å². The van der Waals surface area contributed by atoms with Crippen LogP contribution in [0.25, 0.3) is 0 Å². The van der Waals surface area contributed by atoms with Crippen molar-refractivity contribution in [3.8, 4) is 0 Å². The van der Waals surface area contributed by atoms with E-state index in [1.807, 2.05) is 38.3 Å². The SMILES string of the molecule is CCN(CC)C(=O)[C@@H](CCSC)NC(=O)c1ccccc1Br. The van der Waals surface area contributed by atoms with Crippen molar-refractivity contribution in [1.29, 1.82) is 0 Å². The minimum Gasteiger partial charge on any atom is -0.341 e. The van der Waals surface area contributed by atoms with Crippen LogP contribution in [0.3, 0.4) is 0 Å². The van der Waals surface area contributed by atoms with Crippen LogP contribution in [0, 0.1) is 0 Å². The van der Waals surface area contributed by atoms with Crippen molar-refractivity contribution < 1.29 is 9.59 Å². The number of hydrogen-bond donors (Lipinski definition) is 1. The molecular weight excluding hydrogens is 364 g/mol. The van der Waals surface area contributed by atoms with Crippen LogP contribution in [-0.2, 0) is 4.79 Å². The van der Waals surface area contributed by atoms with Gasteiger partial charge in [0.05, 0.1) is 5.56 Å². The number of thioether (sulfide) groups is 1. The average Bonchev–Trinajstić information content (AvgIpc) is 2.52. The van der Waals surface area contributed by atoms with Crippen LogP contribution < -0.4 is 5.32 Å². The lowest BCUT2D eigenvalue weighted by atomic mass is 10.1. The van der Waals surface area contributed by atoms with E-state index in [1.165, 1.54) is 0 Å². The van der Waals surface area contributed by atoms with E-state index in [4.69, 9.17) is 0 Å². The molecule has 0 aromatic heterocycles. The van der Waals surface area contributed by atoms with Crippen molar-refractivity contribution in [2.75, 3.05) is 25.1 Å². The molecular formula is C16H23BrN2O2S. The Bertz CT molecular complexity index is 507. The molecule has 0 fully saturated rings. The van der Waals surface area contributed by atoms with Crippen LogP contribution in [0.1, 0.15) is 30.6 Å². The number of carbonyl (C=O) groups excluding carboxylic acids is 2. The fraction of sp³-hybridized carbons (Fsp3) is 0.500. The van der Waals surface area contributed by atoms with Crippen LogP contribution in [0.5, 0.6) is 0 Å². The van der Waals surface area contributed by atoms with Crippen molar-refractivity contribution in [3.63, 3.8) is 0 Å². The van der Waals surface area contributed by atoms with Gasteiger partial charge in [0.15, 0.2) is 0 Å². The van der Waals surface area contributed by atoms with E-state index in [1.54, 1.807) is 22.7 Å². The molecule has 0 spiro atoms. The topological polar surface area (TPSA) is 49.4 Å². The summed E-state index contributed by atoms with van der Waals surface area (Å²) in [6.45, 7) is 5.19. The fourth-order valence-electron chi connectivity index (χ4n) is 2.13. The molecule has 0 saturated carbocycles. The molecule has 2 amide bonds. The molecule has 0 aliphatic rings. The quantitative estimate of drug-likeness (QED) is 0.746. The number of rotatable bonds is 8. The molecule has 1 atom stereocenters. The third kappa shape index (κ3) is 5.32. The van der Waals surface area contributed by atoms with Gasteiger partial charge < -0.3 is 10.2 Å². The molecule has 0 unspecified atom stereocenters. The van der Waals surface area contributed by atoms with E-state index in [2.05, 4.69) is 21.2 Å². The van der Waals surface area contributed by atoms with Gasteiger partial charge in [-0.05, 0) is 60.3 Å². The molecule has 0 aliphatic heterocycles. The molecule has 0 saturated heterocycles. The van der Waals surface area contributed by atoms with Gasteiger partial charge in [0, 0.05) is 17.6 Å². The molecule has 22 heavy (non-hydrogen) atoms. The Labute approximate surface area is 145 Å². The highest BCUT2D eigenvalue weighted by atomic mass is 79.9. The monoisotopic (exact) mass is 386 g/mol. The zero-order valence-corrected chi connectivity index (χ0v) is 15.7. The number of benzene rings is 1. The minimum absolute atomic E-state index is 0.0144. The van der Waals surface area contributed by atoms with Crippen molar-refractivity contribution in [1.82, 2.24) is 10.2 Å². The van der Waals surface area contributed by atoms with Crippen molar-refractivity contribution in [3.05, 3.63) is 34.3 Å². The lowest BCUT2D eigenvalue weighted by Crippen LogP contribution is -2.48. The fourth-order valence-corrected chi connectivity index (χ4v) is 3.07. The van der Waals surface area contributed by atoms with Gasteiger partial charge in [-0.3, -0.25) is 9.59 Å². The first kappa shape index (κ1) is 19.0. The summed E-state index contributed by atoms with van der Waals surface area (Å²) in [5.74, 6) is 0.590. The molecule has 0 radical (unpaired) electrons. The maximum Gasteiger partial charge on any atom is 0.253 e. The molecule has 1 aromatic carbocycles. The van der Waals surface area contributed by atoms with E-state index in [-0.39, 0.29) is 11.8 Å². The van der Waals surface area contributed by atoms with E-state index in [9.17, 15) is 9.59 Å². The molecule has 6 heteroatoms. The summed E-state index contributed by atoms with van der Waals surface area (Å²) in [6, 6.07) is 6.74. The molecule has 1 N–H and O–H groups in total. The van der Waals surface area contributed by atoms with Crippen molar-refractivity contribution >= 4 is 39.5 Å². The van der Waals surface area contributed by atoms with Gasteiger partial charge in [-0.1, -0.05) is 12.1 Å². The number of hydrogen-bond acceptors (Lipinski definition) is 3. The molecule has 0 bridgehead atoms. The molecule has 1 aromatic rings. The van der Waals surface area contributed by atoms with Gasteiger partial charge in [0.25, 0.3) is 5.91 Å². The minimum atomic E-state index is -0.480. The van der Waals surface area contributed by atoms with E-state index >= 15 is 0 Å². The Hall–Kier alpha value is -1.01. The molecule has 4 nitrogen and oxygen atoms in total. The Morgan fingerprint density at radius 2 is 1.91 bits per heavy atom. The van der Waals surface area contributed by atoms with Gasteiger partial charge in [0.1, 0.15) is 6.04 Å². The lowest BCUT2D eigenvalue weighted by molar-refractivity contribution is -0.132. The summed E-state index contributed by atoms with van der Waals surface area (Å²) in [5, 5.41) is 2.88. The van der Waals surface area contributed by atoms with Crippen LogP contribution in [0.2, 0.25) is 0 Å². The number of likely N-dealkylation sites (N-methyl/N-ethyl adjacent to an activating group) is 1. The van der Waals surface area contributed by atoms with Gasteiger partial charge in [-0.25, -0.2) is 0 Å². The third-order valence-corrected chi connectivity index (χ3v) is 4.74. The zero-order valence-electron chi connectivity index (χ0n) is 13.3. The predicted octanol–water partition coefficient (Wildman–Crippen LogP) is 3.17. The summed E-state index contributed by atoms with van der Waals surface area (Å²) >= 11 is 5.04. The largest absolute Gasteiger partial charge is 0.341 e. The van der Waals surface area contributed by atoms with Gasteiger partial charge >= 0.3 is 0 Å². The number of carbonyl (C=O) groups is 2. The number of amides is 2. The first-order chi connectivity index (χ1) is 10.5. The Balaban J connectivity index is 2.86. The highest BCUT2D eigenvalue weighted by molar-refractivity contribution is 9.10. The highest BCUT2D eigenvalue weighted by Gasteiger charge is 2.25. The van der Waals surface area contributed by atoms with Crippen LogP contribution in [-0.4, -0.2) is 47.9 Å². The molecule has 122 valence electrons. The summed E-state index contributed by atoms with van der Waals surface area (Å²) in [7, 11) is 0. The molecule has 0 aliphatic carbocycles. The average molecular weight is 387 g/mol. The number of nitrogens with one attached hydrogen (secondary N) is 1. The standard InChI is InChI=1S/C16H23BrN2O2S/c1-4-19(5-2)16(21)14(10-11-22-3)18-15(20)12-8-6-7-9-13(12)17/h6-9,14H,4-5,10-11H2,1-3H3,(H,18,20)/t14-/m1/s1. The van der Waals surface area contributed by atoms with E-state index in [0.29, 0.717) is 25.1 Å². The summed E-state index contributed by atoms with van der Waals surface area (Å²) in [6.07, 6.45) is 2.63. The van der Waals surface area contributed by atoms with E-state index < -0.39 is 6.04 Å². The summed E-state index contributed by atoms with van der Waals surface area (Å²) in [4.78, 5) is 26.7. The maximum atomic E-state index is 12.6. The van der Waals surface area contributed by atoms with Crippen molar-refractivity contribution in [2.24, 2.45) is 0 Å². The second-order valence-electron chi connectivity index (χ2n) is 4.80.